The Morgan fingerprint density at radius 3 is 2.46 bits per heavy atom. The fourth-order valence-electron chi connectivity index (χ4n) is 2.35. The number of aryl methyl sites for hydroxylation is 1. The number of ketones is 1. The lowest BCUT2D eigenvalue weighted by molar-refractivity contribution is -0.116. The number of ether oxygens (including phenoxy) is 2. The maximum absolute atomic E-state index is 12.1. The highest BCUT2D eigenvalue weighted by Crippen LogP contribution is 2.31. The van der Waals surface area contributed by atoms with Gasteiger partial charge in [0.2, 0.25) is 5.91 Å². The minimum Gasteiger partial charge on any atom is -0.495 e. The Balaban J connectivity index is 1.80. The van der Waals surface area contributed by atoms with Crippen molar-refractivity contribution in [3.05, 3.63) is 52.5 Å². The maximum atomic E-state index is 12.1. The number of methoxy groups -OCH3 is 1. The predicted octanol–water partition coefficient (Wildman–Crippen LogP) is 4.66. The van der Waals surface area contributed by atoms with Crippen LogP contribution in [0, 0.1) is 6.92 Å². The summed E-state index contributed by atoms with van der Waals surface area (Å²) in [6, 6.07) is 10.4. The van der Waals surface area contributed by atoms with Crippen molar-refractivity contribution in [2.75, 3.05) is 19.0 Å². The quantitative estimate of drug-likeness (QED) is 0.538. The third-order valence-electron chi connectivity index (χ3n) is 3.83. The minimum atomic E-state index is -0.124. The van der Waals surface area contributed by atoms with Gasteiger partial charge in [-0.15, -0.1) is 0 Å². The van der Waals surface area contributed by atoms with Crippen molar-refractivity contribution in [3.63, 3.8) is 0 Å². The lowest BCUT2D eigenvalue weighted by Gasteiger charge is -2.12. The van der Waals surface area contributed by atoms with E-state index in [1.54, 1.807) is 36.4 Å². The third kappa shape index (κ3) is 5.49. The zero-order valence-electron chi connectivity index (χ0n) is 15.1. The van der Waals surface area contributed by atoms with Crippen LogP contribution in [0.1, 0.15) is 35.7 Å². The number of hydrogen-bond donors (Lipinski definition) is 1. The molecule has 0 aromatic heterocycles. The van der Waals surface area contributed by atoms with Gasteiger partial charge in [-0.05, 0) is 56.2 Å². The van der Waals surface area contributed by atoms with Gasteiger partial charge in [0.25, 0.3) is 0 Å². The molecule has 0 unspecified atom stereocenters. The van der Waals surface area contributed by atoms with E-state index >= 15 is 0 Å². The zero-order chi connectivity index (χ0) is 19.1. The Hall–Kier alpha value is -2.53. The number of Topliss-reactive ketones (excluding diaryl/α,β-unsaturated/α-hetero) is 1. The molecule has 5 nitrogen and oxygen atoms in total. The molecule has 138 valence electrons. The molecule has 0 fully saturated rings. The maximum Gasteiger partial charge on any atom is 0.224 e. The first-order valence-electron chi connectivity index (χ1n) is 8.28. The van der Waals surface area contributed by atoms with Crippen LogP contribution in [0.2, 0.25) is 5.02 Å². The van der Waals surface area contributed by atoms with Crippen molar-refractivity contribution >= 4 is 29.0 Å². The largest absolute Gasteiger partial charge is 0.495 e. The van der Waals surface area contributed by atoms with E-state index < -0.39 is 0 Å². The van der Waals surface area contributed by atoms with Gasteiger partial charge in [0.05, 0.1) is 19.4 Å². The number of halogens is 1. The summed E-state index contributed by atoms with van der Waals surface area (Å²) >= 11 is 6.06. The van der Waals surface area contributed by atoms with Gasteiger partial charge in [0.15, 0.2) is 5.78 Å². The van der Waals surface area contributed by atoms with Gasteiger partial charge in [-0.2, -0.15) is 0 Å². The molecular formula is C20H22ClNO4. The van der Waals surface area contributed by atoms with Crippen LogP contribution < -0.4 is 14.8 Å². The van der Waals surface area contributed by atoms with Crippen LogP contribution in [0.3, 0.4) is 0 Å². The number of anilines is 1. The van der Waals surface area contributed by atoms with Crippen LogP contribution in [0.25, 0.3) is 0 Å². The second-order valence-electron chi connectivity index (χ2n) is 5.88. The van der Waals surface area contributed by atoms with Gasteiger partial charge in [-0.3, -0.25) is 9.59 Å². The molecule has 0 aliphatic heterocycles. The zero-order valence-corrected chi connectivity index (χ0v) is 15.9. The van der Waals surface area contributed by atoms with E-state index in [1.165, 1.54) is 14.0 Å². The molecule has 0 spiro atoms. The average molecular weight is 376 g/mol. The number of amides is 1. The molecule has 2 aromatic carbocycles. The second kappa shape index (κ2) is 9.25. The normalized spacial score (nSPS) is 10.3. The highest BCUT2D eigenvalue weighted by Gasteiger charge is 2.10. The first kappa shape index (κ1) is 19.8. The molecule has 0 saturated carbocycles. The van der Waals surface area contributed by atoms with Gasteiger partial charge < -0.3 is 14.8 Å². The summed E-state index contributed by atoms with van der Waals surface area (Å²) in [6.07, 6.45) is 0.880. The Bertz CT molecular complexity index is 787. The smallest absolute Gasteiger partial charge is 0.224 e. The van der Waals surface area contributed by atoms with Gasteiger partial charge in [-0.1, -0.05) is 11.6 Å². The number of hydrogen-bond acceptors (Lipinski definition) is 4. The monoisotopic (exact) mass is 375 g/mol. The molecule has 2 aromatic rings. The van der Waals surface area contributed by atoms with Crippen molar-refractivity contribution in [1.82, 2.24) is 0 Å². The van der Waals surface area contributed by atoms with Crippen LogP contribution in [-0.2, 0) is 4.79 Å². The molecule has 1 N–H and O–H groups in total. The van der Waals surface area contributed by atoms with E-state index in [0.717, 1.165) is 5.56 Å². The fourth-order valence-corrected chi connectivity index (χ4v) is 2.50. The third-order valence-corrected chi connectivity index (χ3v) is 4.24. The molecule has 0 aliphatic carbocycles. The first-order valence-corrected chi connectivity index (χ1v) is 8.66. The predicted molar refractivity (Wildman–Crippen MR) is 103 cm³/mol. The summed E-state index contributed by atoms with van der Waals surface area (Å²) < 4.78 is 10.8. The molecule has 0 aliphatic rings. The molecule has 0 bridgehead atoms. The van der Waals surface area contributed by atoms with Crippen LogP contribution >= 0.6 is 11.6 Å². The van der Waals surface area contributed by atoms with Gasteiger partial charge in [-0.25, -0.2) is 0 Å². The summed E-state index contributed by atoms with van der Waals surface area (Å²) in [5, 5.41) is 3.42. The summed E-state index contributed by atoms with van der Waals surface area (Å²) in [5.41, 5.74) is 2.10. The van der Waals surface area contributed by atoms with Gasteiger partial charge in [0, 0.05) is 23.1 Å². The van der Waals surface area contributed by atoms with Crippen LogP contribution in [0.5, 0.6) is 11.5 Å². The highest BCUT2D eigenvalue weighted by molar-refractivity contribution is 6.31. The lowest BCUT2D eigenvalue weighted by atomic mass is 10.1. The van der Waals surface area contributed by atoms with E-state index in [0.29, 0.717) is 47.2 Å². The standard InChI is InChI=1S/C20H22ClNO4/c1-13-11-18(19(25-3)12-17(13)21)22-20(24)5-4-10-26-16-8-6-15(7-9-16)14(2)23/h6-9,11-12H,4-5,10H2,1-3H3,(H,22,24). The highest BCUT2D eigenvalue weighted by atomic mass is 35.5. The van der Waals surface area contributed by atoms with Crippen molar-refractivity contribution in [1.29, 1.82) is 0 Å². The van der Waals surface area contributed by atoms with Gasteiger partial charge in [0.1, 0.15) is 11.5 Å². The number of benzene rings is 2. The van der Waals surface area contributed by atoms with E-state index in [9.17, 15) is 9.59 Å². The SMILES string of the molecule is COc1cc(Cl)c(C)cc1NC(=O)CCCOc1ccc(C(C)=O)cc1. The Morgan fingerprint density at radius 1 is 1.15 bits per heavy atom. The van der Waals surface area contributed by atoms with E-state index in [-0.39, 0.29) is 11.7 Å². The average Bonchev–Trinajstić information content (AvgIpc) is 2.62. The summed E-state index contributed by atoms with van der Waals surface area (Å²) in [7, 11) is 1.53. The van der Waals surface area contributed by atoms with Crippen LogP contribution in [-0.4, -0.2) is 25.4 Å². The van der Waals surface area contributed by atoms with E-state index in [2.05, 4.69) is 5.32 Å². The lowest BCUT2D eigenvalue weighted by Crippen LogP contribution is -2.13. The van der Waals surface area contributed by atoms with Gasteiger partial charge >= 0.3 is 0 Å². The van der Waals surface area contributed by atoms with E-state index in [4.69, 9.17) is 21.1 Å². The second-order valence-corrected chi connectivity index (χ2v) is 6.29. The topological polar surface area (TPSA) is 64.6 Å². The molecule has 6 heteroatoms. The number of carbonyl (C=O) groups is 2. The van der Waals surface area contributed by atoms with Crippen LogP contribution in [0.4, 0.5) is 5.69 Å². The fraction of sp³-hybridized carbons (Fsp3) is 0.300. The minimum absolute atomic E-state index is 0.0149. The molecule has 1 amide bonds. The molecule has 2 rings (SSSR count). The molecule has 26 heavy (non-hydrogen) atoms. The molecular weight excluding hydrogens is 354 g/mol. The molecule has 0 radical (unpaired) electrons. The summed E-state index contributed by atoms with van der Waals surface area (Å²) in [6.45, 7) is 3.79. The van der Waals surface area contributed by atoms with E-state index in [1.807, 2.05) is 6.92 Å². The number of nitrogens with one attached hydrogen (secondary N) is 1. The number of rotatable bonds is 8. The first-order chi connectivity index (χ1) is 12.4. The molecule has 0 atom stereocenters. The Labute approximate surface area is 158 Å². The Morgan fingerprint density at radius 2 is 1.85 bits per heavy atom. The molecule has 0 heterocycles. The van der Waals surface area contributed by atoms with Crippen molar-refractivity contribution in [3.8, 4) is 11.5 Å². The summed E-state index contributed by atoms with van der Waals surface area (Å²) in [4.78, 5) is 23.3. The van der Waals surface area contributed by atoms with Crippen molar-refractivity contribution in [2.24, 2.45) is 0 Å². The Kier molecular flexibility index (Phi) is 7.04. The molecule has 0 saturated heterocycles. The summed E-state index contributed by atoms with van der Waals surface area (Å²) in [5.74, 6) is 1.09. The van der Waals surface area contributed by atoms with Crippen molar-refractivity contribution < 1.29 is 19.1 Å². The van der Waals surface area contributed by atoms with Crippen LogP contribution in [0.15, 0.2) is 36.4 Å². The number of carbonyl (C=O) groups excluding carboxylic acids is 2. The van der Waals surface area contributed by atoms with Crippen molar-refractivity contribution in [2.45, 2.75) is 26.7 Å².